The van der Waals surface area contributed by atoms with Gasteiger partial charge in [0, 0.05) is 5.33 Å². The quantitative estimate of drug-likeness (QED) is 0.502. The van der Waals surface area contributed by atoms with Gasteiger partial charge in [-0.3, -0.25) is 4.79 Å². The van der Waals surface area contributed by atoms with Crippen LogP contribution in [0.4, 0.5) is 5.82 Å². The first-order valence-corrected chi connectivity index (χ1v) is 6.10. The first-order chi connectivity index (χ1) is 7.88. The second-order valence-corrected chi connectivity index (χ2v) is 4.41. The highest BCUT2D eigenvalue weighted by Crippen LogP contribution is 2.26. The molecule has 0 amide bonds. The van der Waals surface area contributed by atoms with Crippen LogP contribution in [0.15, 0.2) is 4.79 Å². The van der Waals surface area contributed by atoms with Crippen LogP contribution in [0.3, 0.4) is 0 Å². The van der Waals surface area contributed by atoms with Gasteiger partial charge >= 0.3 is 11.4 Å². The molecule has 94 valence electrons. The molecule has 1 atom stereocenters. The van der Waals surface area contributed by atoms with Crippen molar-refractivity contribution < 1.29 is 10.0 Å². The molecule has 0 bridgehead atoms. The zero-order valence-corrected chi connectivity index (χ0v) is 11.2. The number of aliphatic hydroxyl groups excluding tert-OH is 1. The van der Waals surface area contributed by atoms with Gasteiger partial charge in [0.15, 0.2) is 5.02 Å². The first-order valence-electron chi connectivity index (χ1n) is 4.23. The minimum Gasteiger partial charge on any atom is -0.390 e. The molecule has 10 heteroatoms. The Labute approximate surface area is 113 Å². The van der Waals surface area contributed by atoms with Crippen molar-refractivity contribution >= 4 is 44.9 Å². The fourth-order valence-electron chi connectivity index (χ4n) is 0.998. The molecule has 0 fully saturated rings. The number of alkyl halides is 1. The molecular weight excluding hydrogens is 341 g/mol. The summed E-state index contributed by atoms with van der Waals surface area (Å²) in [6.45, 7) is -0.220. The van der Waals surface area contributed by atoms with E-state index in [1.807, 2.05) is 0 Å². The topological polar surface area (TPSA) is 98.3 Å². The summed E-state index contributed by atoms with van der Waals surface area (Å²) in [5.74, 6) is -0.724. The van der Waals surface area contributed by atoms with Gasteiger partial charge in [-0.05, 0) is 4.92 Å². The van der Waals surface area contributed by atoms with Gasteiger partial charge in [0.2, 0.25) is 0 Å². The first kappa shape index (κ1) is 14.4. The zero-order chi connectivity index (χ0) is 13.2. The van der Waals surface area contributed by atoms with Crippen LogP contribution in [-0.2, 0) is 6.54 Å². The number of aromatic nitrogens is 2. The lowest BCUT2D eigenvalue weighted by Crippen LogP contribution is -2.30. The summed E-state index contributed by atoms with van der Waals surface area (Å²) in [6, 6.07) is 0. The standard InChI is InChI=1S/C7H6BrCl2N3O4/c8-1-3(14)2-12-7(15)5(10)4(9)6(11-12)13(16)17/h3,14H,1-2H2. The lowest BCUT2D eigenvalue weighted by molar-refractivity contribution is -0.390. The number of nitro groups is 1. The lowest BCUT2D eigenvalue weighted by Gasteiger charge is -2.06. The van der Waals surface area contributed by atoms with Gasteiger partial charge < -0.3 is 15.2 Å². The van der Waals surface area contributed by atoms with Gasteiger partial charge in [0.1, 0.15) is 5.02 Å². The smallest absolute Gasteiger partial charge is 0.390 e. The maximum atomic E-state index is 11.6. The van der Waals surface area contributed by atoms with E-state index in [0.717, 1.165) is 0 Å². The molecule has 1 heterocycles. The summed E-state index contributed by atoms with van der Waals surface area (Å²) in [5.41, 5.74) is -0.790. The van der Waals surface area contributed by atoms with Gasteiger partial charge in [-0.25, -0.2) is 0 Å². The van der Waals surface area contributed by atoms with Crippen molar-refractivity contribution in [2.75, 3.05) is 5.33 Å². The Morgan fingerprint density at radius 1 is 1.53 bits per heavy atom. The molecule has 1 N–H and O–H groups in total. The third-order valence-corrected chi connectivity index (χ3v) is 3.31. The van der Waals surface area contributed by atoms with Crippen LogP contribution in [0, 0.1) is 10.1 Å². The highest BCUT2D eigenvalue weighted by atomic mass is 79.9. The fourth-order valence-corrected chi connectivity index (χ4v) is 1.57. The van der Waals surface area contributed by atoms with Crippen LogP contribution in [0.25, 0.3) is 0 Å². The van der Waals surface area contributed by atoms with Gasteiger partial charge in [-0.15, -0.1) is 4.68 Å². The molecule has 1 rings (SSSR count). The summed E-state index contributed by atoms with van der Waals surface area (Å²) in [5, 5.41) is 22.6. The molecule has 1 aromatic heterocycles. The van der Waals surface area contributed by atoms with Crippen molar-refractivity contribution in [2.24, 2.45) is 0 Å². The molecule has 0 aromatic carbocycles. The minimum atomic E-state index is -0.919. The van der Waals surface area contributed by atoms with Gasteiger partial charge in [0.05, 0.1) is 17.7 Å². The van der Waals surface area contributed by atoms with Gasteiger partial charge in [-0.1, -0.05) is 39.1 Å². The summed E-state index contributed by atoms with van der Waals surface area (Å²) in [6.07, 6.45) is -0.919. The summed E-state index contributed by atoms with van der Waals surface area (Å²) in [7, 11) is 0. The van der Waals surface area contributed by atoms with E-state index in [4.69, 9.17) is 23.2 Å². The molecule has 7 nitrogen and oxygen atoms in total. The Hall–Kier alpha value is -0.700. The number of hydrogen-bond acceptors (Lipinski definition) is 5. The Morgan fingerprint density at radius 3 is 2.59 bits per heavy atom. The van der Waals surface area contributed by atoms with Gasteiger partial charge in [-0.2, -0.15) is 0 Å². The van der Waals surface area contributed by atoms with Crippen molar-refractivity contribution in [1.82, 2.24) is 9.78 Å². The van der Waals surface area contributed by atoms with Gasteiger partial charge in [0.25, 0.3) is 0 Å². The third-order valence-electron chi connectivity index (χ3n) is 1.76. The maximum Gasteiger partial charge on any atom is 0.408 e. The fraction of sp³-hybridized carbons (Fsp3) is 0.429. The Balaban J connectivity index is 3.32. The van der Waals surface area contributed by atoms with Crippen LogP contribution in [0.1, 0.15) is 0 Å². The minimum absolute atomic E-state index is 0.190. The third kappa shape index (κ3) is 3.15. The number of halogens is 3. The zero-order valence-electron chi connectivity index (χ0n) is 8.14. The van der Waals surface area contributed by atoms with Crippen molar-refractivity contribution in [3.8, 4) is 0 Å². The Kier molecular flexibility index (Phi) is 4.87. The molecule has 1 aromatic rings. The van der Waals surface area contributed by atoms with E-state index >= 15 is 0 Å². The molecular formula is C7H6BrCl2N3O4. The van der Waals surface area contributed by atoms with Crippen LogP contribution in [0.2, 0.25) is 10.0 Å². The predicted molar refractivity (Wildman–Crippen MR) is 65.0 cm³/mol. The van der Waals surface area contributed by atoms with E-state index in [2.05, 4.69) is 21.0 Å². The van der Waals surface area contributed by atoms with E-state index in [0.29, 0.717) is 4.68 Å². The highest BCUT2D eigenvalue weighted by Gasteiger charge is 2.24. The molecule has 0 saturated heterocycles. The average Bonchev–Trinajstić information content (AvgIpc) is 2.29. The molecule has 0 aliphatic carbocycles. The molecule has 0 radical (unpaired) electrons. The van der Waals surface area contributed by atoms with Crippen molar-refractivity contribution in [1.29, 1.82) is 0 Å². The number of nitrogens with zero attached hydrogens (tertiary/aromatic N) is 3. The number of aliphatic hydroxyl groups is 1. The predicted octanol–water partition coefficient (Wildman–Crippen LogP) is 1.21. The van der Waals surface area contributed by atoms with Crippen molar-refractivity contribution in [3.63, 3.8) is 0 Å². The molecule has 0 aliphatic rings. The van der Waals surface area contributed by atoms with E-state index in [9.17, 15) is 20.0 Å². The SMILES string of the molecule is O=c1c(Cl)c(Cl)c([N+](=O)[O-])nn1CC(O)CBr. The maximum absolute atomic E-state index is 11.6. The van der Waals surface area contributed by atoms with Crippen LogP contribution < -0.4 is 5.56 Å². The number of rotatable bonds is 4. The normalized spacial score (nSPS) is 12.5. The lowest BCUT2D eigenvalue weighted by atomic mass is 10.4. The molecule has 1 unspecified atom stereocenters. The van der Waals surface area contributed by atoms with Crippen molar-refractivity contribution in [2.45, 2.75) is 12.6 Å². The van der Waals surface area contributed by atoms with Crippen LogP contribution in [0.5, 0.6) is 0 Å². The van der Waals surface area contributed by atoms with E-state index in [1.165, 1.54) is 0 Å². The van der Waals surface area contributed by atoms with E-state index in [1.54, 1.807) is 0 Å². The molecule has 0 aliphatic heterocycles. The summed E-state index contributed by atoms with van der Waals surface area (Å²) >= 11 is 14.1. The summed E-state index contributed by atoms with van der Waals surface area (Å²) < 4.78 is 0.707. The van der Waals surface area contributed by atoms with Crippen LogP contribution in [-0.4, -0.2) is 31.2 Å². The van der Waals surface area contributed by atoms with E-state index in [-0.39, 0.29) is 11.9 Å². The molecule has 17 heavy (non-hydrogen) atoms. The Bertz CT molecular complexity index is 507. The van der Waals surface area contributed by atoms with Crippen LogP contribution >= 0.6 is 39.1 Å². The summed E-state index contributed by atoms with van der Waals surface area (Å²) in [4.78, 5) is 21.3. The second-order valence-electron chi connectivity index (χ2n) is 3.00. The number of hydrogen-bond donors (Lipinski definition) is 1. The molecule has 0 saturated carbocycles. The average molecular weight is 347 g/mol. The largest absolute Gasteiger partial charge is 0.408 e. The van der Waals surface area contributed by atoms with Crippen molar-refractivity contribution in [3.05, 3.63) is 30.5 Å². The monoisotopic (exact) mass is 345 g/mol. The highest BCUT2D eigenvalue weighted by molar-refractivity contribution is 9.09. The molecule has 0 spiro atoms. The Morgan fingerprint density at radius 2 is 2.12 bits per heavy atom. The second kappa shape index (κ2) is 5.76. The van der Waals surface area contributed by atoms with E-state index < -0.39 is 32.4 Å².